The Morgan fingerprint density at radius 1 is 1.33 bits per heavy atom. The summed E-state index contributed by atoms with van der Waals surface area (Å²) in [6.45, 7) is 6.23. The third-order valence-electron chi connectivity index (χ3n) is 3.57. The predicted octanol–water partition coefficient (Wildman–Crippen LogP) is 4.21. The summed E-state index contributed by atoms with van der Waals surface area (Å²) in [7, 11) is 0. The van der Waals surface area contributed by atoms with Crippen molar-refractivity contribution in [1.29, 1.82) is 0 Å². The van der Waals surface area contributed by atoms with Crippen LogP contribution in [0.25, 0.3) is 0 Å². The Labute approximate surface area is 127 Å². The van der Waals surface area contributed by atoms with E-state index < -0.39 is 0 Å². The fourth-order valence-electron chi connectivity index (χ4n) is 2.15. The zero-order chi connectivity index (χ0) is 13.3. The zero-order valence-electron chi connectivity index (χ0n) is 10.7. The first kappa shape index (κ1) is 14.1. The second-order valence-electron chi connectivity index (χ2n) is 5.58. The Hall–Kier alpha value is -0.290. The number of amides is 1. The predicted molar refractivity (Wildman–Crippen MR) is 83.1 cm³/mol. The van der Waals surface area contributed by atoms with Crippen molar-refractivity contribution in [1.82, 2.24) is 4.90 Å². The van der Waals surface area contributed by atoms with Crippen molar-refractivity contribution in [3.8, 4) is 0 Å². The SMILES string of the molecule is CC1(C)CCN(C(=O)c2ccc(Cl)cc2I)CC1. The zero-order valence-corrected chi connectivity index (χ0v) is 13.6. The summed E-state index contributed by atoms with van der Waals surface area (Å²) < 4.78 is 0.926. The van der Waals surface area contributed by atoms with E-state index in [-0.39, 0.29) is 5.91 Å². The first-order valence-corrected chi connectivity index (χ1v) is 7.59. The highest BCUT2D eigenvalue weighted by molar-refractivity contribution is 14.1. The minimum Gasteiger partial charge on any atom is -0.339 e. The molecule has 0 aliphatic carbocycles. The molecule has 1 fully saturated rings. The number of benzene rings is 1. The smallest absolute Gasteiger partial charge is 0.254 e. The normalized spacial score (nSPS) is 18.8. The van der Waals surface area contributed by atoms with Crippen LogP contribution >= 0.6 is 34.2 Å². The Bertz CT molecular complexity index is 463. The molecule has 1 aromatic rings. The molecule has 1 amide bonds. The molecule has 0 aromatic heterocycles. The Kier molecular flexibility index (Phi) is 4.22. The van der Waals surface area contributed by atoms with E-state index in [1.807, 2.05) is 17.0 Å². The minimum atomic E-state index is 0.131. The van der Waals surface area contributed by atoms with Crippen molar-refractivity contribution in [2.75, 3.05) is 13.1 Å². The molecule has 0 spiro atoms. The number of nitrogens with zero attached hydrogens (tertiary/aromatic N) is 1. The molecule has 18 heavy (non-hydrogen) atoms. The summed E-state index contributed by atoms with van der Waals surface area (Å²) >= 11 is 8.09. The van der Waals surface area contributed by atoms with Crippen LogP contribution in [0.2, 0.25) is 5.02 Å². The second kappa shape index (κ2) is 5.37. The molecule has 0 bridgehead atoms. The standard InChI is InChI=1S/C14H17ClINO/c1-14(2)5-7-17(8-6-14)13(18)11-4-3-10(15)9-12(11)16/h3-4,9H,5-8H2,1-2H3. The molecule has 0 atom stereocenters. The number of carbonyl (C=O) groups is 1. The number of piperidine rings is 1. The lowest BCUT2D eigenvalue weighted by Crippen LogP contribution is -2.41. The fraction of sp³-hybridized carbons (Fsp3) is 0.500. The molecule has 1 aromatic carbocycles. The molecule has 0 unspecified atom stereocenters. The van der Waals surface area contributed by atoms with Gasteiger partial charge in [-0.1, -0.05) is 25.4 Å². The Morgan fingerprint density at radius 2 is 1.94 bits per heavy atom. The van der Waals surface area contributed by atoms with Gasteiger partial charge in [0, 0.05) is 21.7 Å². The average Bonchev–Trinajstić information content (AvgIpc) is 2.28. The molecular formula is C14H17ClINO. The van der Waals surface area contributed by atoms with Gasteiger partial charge in [0.25, 0.3) is 5.91 Å². The molecular weight excluding hydrogens is 361 g/mol. The van der Waals surface area contributed by atoms with Gasteiger partial charge < -0.3 is 4.90 Å². The molecule has 1 aliphatic rings. The minimum absolute atomic E-state index is 0.131. The van der Waals surface area contributed by atoms with E-state index in [4.69, 9.17) is 11.6 Å². The number of rotatable bonds is 1. The number of halogens is 2. The van der Waals surface area contributed by atoms with E-state index in [2.05, 4.69) is 36.4 Å². The average molecular weight is 378 g/mol. The molecule has 2 rings (SSSR count). The molecule has 98 valence electrons. The summed E-state index contributed by atoms with van der Waals surface area (Å²) in [5, 5.41) is 0.677. The highest BCUT2D eigenvalue weighted by atomic mass is 127. The van der Waals surface area contributed by atoms with Crippen LogP contribution in [-0.4, -0.2) is 23.9 Å². The van der Waals surface area contributed by atoms with Crippen LogP contribution in [-0.2, 0) is 0 Å². The van der Waals surface area contributed by atoms with Crippen molar-refractivity contribution in [3.05, 3.63) is 32.4 Å². The van der Waals surface area contributed by atoms with E-state index in [1.165, 1.54) is 0 Å². The molecule has 1 heterocycles. The lowest BCUT2D eigenvalue weighted by Gasteiger charge is -2.37. The van der Waals surface area contributed by atoms with E-state index >= 15 is 0 Å². The van der Waals surface area contributed by atoms with Crippen molar-refractivity contribution in [3.63, 3.8) is 0 Å². The summed E-state index contributed by atoms with van der Waals surface area (Å²) in [4.78, 5) is 14.4. The van der Waals surface area contributed by atoms with E-state index in [1.54, 1.807) is 6.07 Å². The molecule has 1 saturated heterocycles. The first-order chi connectivity index (χ1) is 8.39. The highest BCUT2D eigenvalue weighted by Crippen LogP contribution is 2.30. The van der Waals surface area contributed by atoms with Gasteiger partial charge in [-0.25, -0.2) is 0 Å². The third-order valence-corrected chi connectivity index (χ3v) is 4.69. The molecule has 0 N–H and O–H groups in total. The summed E-state index contributed by atoms with van der Waals surface area (Å²) in [6, 6.07) is 5.44. The molecule has 0 radical (unpaired) electrons. The molecule has 2 nitrogen and oxygen atoms in total. The third kappa shape index (κ3) is 3.18. The Morgan fingerprint density at radius 3 is 2.50 bits per heavy atom. The number of hydrogen-bond donors (Lipinski definition) is 0. The van der Waals surface area contributed by atoms with Crippen LogP contribution in [0, 0.1) is 8.99 Å². The monoisotopic (exact) mass is 377 g/mol. The van der Waals surface area contributed by atoms with Crippen molar-refractivity contribution in [2.45, 2.75) is 26.7 Å². The number of hydrogen-bond acceptors (Lipinski definition) is 1. The van der Waals surface area contributed by atoms with E-state index in [0.29, 0.717) is 10.4 Å². The van der Waals surface area contributed by atoms with Crippen molar-refractivity contribution in [2.24, 2.45) is 5.41 Å². The largest absolute Gasteiger partial charge is 0.339 e. The molecule has 0 saturated carbocycles. The fourth-order valence-corrected chi connectivity index (χ4v) is 3.25. The van der Waals surface area contributed by atoms with E-state index in [9.17, 15) is 4.79 Å². The van der Waals surface area contributed by atoms with Gasteiger partial charge in [-0.15, -0.1) is 0 Å². The topological polar surface area (TPSA) is 20.3 Å². The van der Waals surface area contributed by atoms with Crippen LogP contribution in [0.3, 0.4) is 0 Å². The lowest BCUT2D eigenvalue weighted by molar-refractivity contribution is 0.0629. The van der Waals surface area contributed by atoms with Crippen LogP contribution < -0.4 is 0 Å². The van der Waals surface area contributed by atoms with Crippen molar-refractivity contribution >= 4 is 40.1 Å². The van der Waals surface area contributed by atoms with Crippen LogP contribution in [0.5, 0.6) is 0 Å². The van der Waals surface area contributed by atoms with Gasteiger partial charge in [0.1, 0.15) is 0 Å². The first-order valence-electron chi connectivity index (χ1n) is 6.13. The number of carbonyl (C=O) groups excluding carboxylic acids is 1. The van der Waals surface area contributed by atoms with Gasteiger partial charge in [0.05, 0.1) is 5.56 Å². The Balaban J connectivity index is 2.13. The maximum absolute atomic E-state index is 12.4. The maximum Gasteiger partial charge on any atom is 0.254 e. The van der Waals surface area contributed by atoms with Crippen molar-refractivity contribution < 1.29 is 4.79 Å². The van der Waals surface area contributed by atoms with E-state index in [0.717, 1.165) is 35.1 Å². The summed E-state index contributed by atoms with van der Waals surface area (Å²) in [5.41, 5.74) is 1.13. The van der Waals surface area contributed by atoms with Gasteiger partial charge in [0.2, 0.25) is 0 Å². The quantitative estimate of drug-likeness (QED) is 0.672. The van der Waals surface area contributed by atoms with Crippen LogP contribution in [0.1, 0.15) is 37.0 Å². The molecule has 4 heteroatoms. The van der Waals surface area contributed by atoms with Gasteiger partial charge in [-0.3, -0.25) is 4.79 Å². The van der Waals surface area contributed by atoms with Gasteiger partial charge >= 0.3 is 0 Å². The lowest BCUT2D eigenvalue weighted by atomic mass is 9.82. The maximum atomic E-state index is 12.4. The van der Waals surface area contributed by atoms with Crippen LogP contribution in [0.15, 0.2) is 18.2 Å². The van der Waals surface area contributed by atoms with Gasteiger partial charge in [-0.2, -0.15) is 0 Å². The molecule has 1 aliphatic heterocycles. The second-order valence-corrected chi connectivity index (χ2v) is 7.18. The van der Waals surface area contributed by atoms with Gasteiger partial charge in [-0.05, 0) is 59.0 Å². The van der Waals surface area contributed by atoms with Gasteiger partial charge in [0.15, 0.2) is 0 Å². The van der Waals surface area contributed by atoms with Crippen LogP contribution in [0.4, 0.5) is 0 Å². The summed E-state index contributed by atoms with van der Waals surface area (Å²) in [5.74, 6) is 0.131. The summed E-state index contributed by atoms with van der Waals surface area (Å²) in [6.07, 6.45) is 2.14. The highest BCUT2D eigenvalue weighted by Gasteiger charge is 2.28. The number of likely N-dealkylation sites (tertiary alicyclic amines) is 1.